The van der Waals surface area contributed by atoms with Crippen LogP contribution in [-0.2, 0) is 0 Å². The van der Waals surface area contributed by atoms with Crippen LogP contribution < -0.4 is 14.4 Å². The molecular formula is C35H25ClFNO5. The third-order valence-corrected chi connectivity index (χ3v) is 9.17. The van der Waals surface area contributed by atoms with Gasteiger partial charge in [0.2, 0.25) is 0 Å². The topological polar surface area (TPSA) is 72.9 Å². The second-order valence-corrected chi connectivity index (χ2v) is 11.3. The van der Waals surface area contributed by atoms with E-state index in [2.05, 4.69) is 0 Å². The molecule has 1 fully saturated rings. The van der Waals surface area contributed by atoms with Crippen LogP contribution in [0.4, 0.5) is 10.1 Å². The SMILES string of the molecule is COc1ccc(OC)c([C@H]2[C@H](C(=O)c3ccc(F)cc3)N3c4ccc(Cl)cc4C=CC3C23C(=O)c2ccccc2C3=O)c1. The van der Waals surface area contributed by atoms with Crippen molar-refractivity contribution in [2.75, 3.05) is 19.1 Å². The van der Waals surface area contributed by atoms with Crippen molar-refractivity contribution in [3.63, 3.8) is 0 Å². The highest BCUT2D eigenvalue weighted by molar-refractivity contribution is 6.33. The lowest BCUT2D eigenvalue weighted by Gasteiger charge is -2.37. The maximum Gasteiger partial charge on any atom is 0.185 e. The fraction of sp³-hybridized carbons (Fsp3) is 0.171. The molecule has 4 aromatic carbocycles. The Morgan fingerprint density at radius 1 is 0.884 bits per heavy atom. The first-order valence-corrected chi connectivity index (χ1v) is 14.2. The third-order valence-electron chi connectivity index (χ3n) is 8.94. The summed E-state index contributed by atoms with van der Waals surface area (Å²) in [5.74, 6) is -1.73. The Morgan fingerprint density at radius 2 is 1.58 bits per heavy atom. The van der Waals surface area contributed by atoms with Crippen LogP contribution in [0.5, 0.6) is 11.5 Å². The molecule has 3 aliphatic rings. The number of carbonyl (C=O) groups excluding carboxylic acids is 3. The van der Waals surface area contributed by atoms with E-state index in [1.54, 1.807) is 60.7 Å². The highest BCUT2D eigenvalue weighted by Gasteiger charge is 2.72. The lowest BCUT2D eigenvalue weighted by molar-refractivity contribution is 0.0664. The highest BCUT2D eigenvalue weighted by atomic mass is 35.5. The predicted molar refractivity (Wildman–Crippen MR) is 161 cm³/mol. The Labute approximate surface area is 252 Å². The molecule has 2 aliphatic heterocycles. The summed E-state index contributed by atoms with van der Waals surface area (Å²) in [4.78, 5) is 46.2. The first-order valence-electron chi connectivity index (χ1n) is 13.8. The van der Waals surface area contributed by atoms with Gasteiger partial charge in [-0.05, 0) is 66.2 Å². The minimum absolute atomic E-state index is 0.245. The first-order chi connectivity index (χ1) is 20.8. The summed E-state index contributed by atoms with van der Waals surface area (Å²) in [5, 5.41) is 0.503. The van der Waals surface area contributed by atoms with Crippen molar-refractivity contribution in [1.82, 2.24) is 0 Å². The van der Waals surface area contributed by atoms with Gasteiger partial charge < -0.3 is 14.4 Å². The van der Waals surface area contributed by atoms with Crippen LogP contribution in [0.2, 0.25) is 5.02 Å². The molecule has 0 saturated carbocycles. The van der Waals surface area contributed by atoms with Crippen LogP contribution in [0.1, 0.15) is 48.1 Å². The molecule has 1 aliphatic carbocycles. The van der Waals surface area contributed by atoms with Crippen molar-refractivity contribution in [1.29, 1.82) is 0 Å². The number of ether oxygens (including phenoxy) is 2. The fourth-order valence-electron chi connectivity index (χ4n) is 7.16. The molecule has 8 heteroatoms. The third kappa shape index (κ3) is 3.74. The van der Waals surface area contributed by atoms with Gasteiger partial charge in [-0.15, -0.1) is 0 Å². The molecule has 3 atom stereocenters. The van der Waals surface area contributed by atoms with E-state index >= 15 is 0 Å². The van der Waals surface area contributed by atoms with E-state index in [9.17, 15) is 18.8 Å². The summed E-state index contributed by atoms with van der Waals surface area (Å²) in [6.45, 7) is 0. The van der Waals surface area contributed by atoms with Gasteiger partial charge in [0.1, 0.15) is 28.8 Å². The monoisotopic (exact) mass is 593 g/mol. The van der Waals surface area contributed by atoms with Gasteiger partial charge in [-0.2, -0.15) is 0 Å². The van der Waals surface area contributed by atoms with E-state index in [1.807, 2.05) is 17.1 Å². The summed E-state index contributed by atoms with van der Waals surface area (Å²) in [6.07, 6.45) is 3.66. The molecule has 2 heterocycles. The number of halogens is 2. The van der Waals surface area contributed by atoms with Crippen LogP contribution >= 0.6 is 11.6 Å². The summed E-state index contributed by atoms with van der Waals surface area (Å²) in [5.41, 5.74) is 1.01. The summed E-state index contributed by atoms with van der Waals surface area (Å²) < 4.78 is 25.4. The van der Waals surface area contributed by atoms with E-state index in [1.165, 1.54) is 38.5 Å². The largest absolute Gasteiger partial charge is 0.497 e. The maximum atomic E-state index is 14.8. The Hall–Kier alpha value is -4.75. The normalized spacial score (nSPS) is 21.0. The predicted octanol–water partition coefficient (Wildman–Crippen LogP) is 6.81. The van der Waals surface area contributed by atoms with Crippen molar-refractivity contribution in [2.24, 2.45) is 5.41 Å². The minimum Gasteiger partial charge on any atom is -0.497 e. The number of hydrogen-bond acceptors (Lipinski definition) is 6. The molecule has 6 nitrogen and oxygen atoms in total. The van der Waals surface area contributed by atoms with Crippen molar-refractivity contribution < 1.29 is 28.2 Å². The van der Waals surface area contributed by atoms with Gasteiger partial charge in [0, 0.05) is 38.9 Å². The molecule has 4 aromatic rings. The number of fused-ring (bicyclic) bond motifs is 5. The number of ketones is 3. The number of methoxy groups -OCH3 is 2. The standard InChI is InChI=1S/C35H25ClFNO5/c1-42-23-13-15-28(43-2)26(18-23)30-31(32(39)19-7-11-22(37)12-8-19)38-27-14-10-21(36)17-20(27)9-16-29(38)35(30)33(40)24-5-3-4-6-25(24)34(35)41/h3-18,29-31H,1-2H3/t29?,30-,31+/m0/s1. The Kier molecular flexibility index (Phi) is 6.25. The van der Waals surface area contributed by atoms with Crippen molar-refractivity contribution >= 4 is 40.7 Å². The first kappa shape index (κ1) is 27.1. The number of nitrogens with zero attached hydrogens (tertiary/aromatic N) is 1. The average Bonchev–Trinajstić information content (AvgIpc) is 3.46. The van der Waals surface area contributed by atoms with E-state index in [-0.39, 0.29) is 22.9 Å². The highest BCUT2D eigenvalue weighted by Crippen LogP contribution is 2.62. The summed E-state index contributed by atoms with van der Waals surface area (Å²) in [7, 11) is 3.02. The summed E-state index contributed by atoms with van der Waals surface area (Å²) in [6, 6.07) is 20.6. The van der Waals surface area contributed by atoms with Crippen LogP contribution in [-0.4, -0.2) is 43.7 Å². The van der Waals surface area contributed by atoms with E-state index in [4.69, 9.17) is 21.1 Å². The van der Waals surface area contributed by atoms with Crippen LogP contribution in [0.15, 0.2) is 91.0 Å². The molecule has 1 spiro atoms. The van der Waals surface area contributed by atoms with Crippen molar-refractivity contribution in [2.45, 2.75) is 18.0 Å². The molecule has 0 N–H and O–H groups in total. The van der Waals surface area contributed by atoms with Crippen LogP contribution in [0.3, 0.4) is 0 Å². The Bertz CT molecular complexity index is 1830. The van der Waals surface area contributed by atoms with Crippen LogP contribution in [0, 0.1) is 11.2 Å². The van der Waals surface area contributed by atoms with Crippen molar-refractivity contribution in [3.05, 3.63) is 130 Å². The quantitative estimate of drug-likeness (QED) is 0.187. The maximum absolute atomic E-state index is 14.8. The molecule has 1 saturated heterocycles. The summed E-state index contributed by atoms with van der Waals surface area (Å²) >= 11 is 6.36. The van der Waals surface area contributed by atoms with E-state index in [0.717, 1.165) is 5.56 Å². The fourth-order valence-corrected chi connectivity index (χ4v) is 7.34. The molecule has 0 amide bonds. The number of hydrogen-bond donors (Lipinski definition) is 0. The minimum atomic E-state index is -1.72. The Morgan fingerprint density at radius 3 is 2.23 bits per heavy atom. The van der Waals surface area contributed by atoms with Gasteiger partial charge >= 0.3 is 0 Å². The van der Waals surface area contributed by atoms with Gasteiger partial charge in [0.25, 0.3) is 0 Å². The van der Waals surface area contributed by atoms with Crippen molar-refractivity contribution in [3.8, 4) is 11.5 Å². The smallest absolute Gasteiger partial charge is 0.185 e. The number of rotatable bonds is 5. The average molecular weight is 594 g/mol. The lowest BCUT2D eigenvalue weighted by Crippen LogP contribution is -2.48. The molecule has 1 unspecified atom stereocenters. The second kappa shape index (κ2) is 9.92. The second-order valence-electron chi connectivity index (χ2n) is 10.9. The molecule has 0 bridgehead atoms. The van der Waals surface area contributed by atoms with E-state index < -0.39 is 29.2 Å². The zero-order valence-corrected chi connectivity index (χ0v) is 24.0. The van der Waals surface area contributed by atoms with Gasteiger partial charge in [0.05, 0.1) is 20.3 Å². The zero-order valence-electron chi connectivity index (χ0n) is 23.2. The Balaban J connectivity index is 1.58. The lowest BCUT2D eigenvalue weighted by atomic mass is 9.64. The number of Topliss-reactive ketones (excluding diaryl/α,β-unsaturated/α-hetero) is 3. The van der Waals surface area contributed by atoms with E-state index in [0.29, 0.717) is 38.9 Å². The van der Waals surface area contributed by atoms with Gasteiger partial charge in [-0.25, -0.2) is 4.39 Å². The molecule has 0 radical (unpaired) electrons. The molecule has 0 aromatic heterocycles. The zero-order chi connectivity index (χ0) is 30.0. The van der Waals surface area contributed by atoms with Gasteiger partial charge in [-0.3, -0.25) is 14.4 Å². The van der Waals surface area contributed by atoms with Gasteiger partial charge in [-0.1, -0.05) is 48.0 Å². The number of anilines is 1. The molecule has 43 heavy (non-hydrogen) atoms. The van der Waals surface area contributed by atoms with Gasteiger partial charge in [0.15, 0.2) is 17.3 Å². The van der Waals surface area contributed by atoms with Crippen LogP contribution in [0.25, 0.3) is 6.08 Å². The number of carbonyl (C=O) groups is 3. The number of benzene rings is 4. The molecular weight excluding hydrogens is 569 g/mol. The molecule has 214 valence electrons. The molecule has 7 rings (SSSR count).